The van der Waals surface area contributed by atoms with E-state index in [4.69, 9.17) is 4.74 Å². The second kappa shape index (κ2) is 6.93. The molecule has 1 heterocycles. The van der Waals surface area contributed by atoms with E-state index in [1.54, 1.807) is 0 Å². The van der Waals surface area contributed by atoms with Gasteiger partial charge in [-0.3, -0.25) is 4.68 Å². The smallest absolute Gasteiger partial charge is 0.133 e. The predicted molar refractivity (Wildman–Crippen MR) is 85.3 cm³/mol. The first-order valence-corrected chi connectivity index (χ1v) is 7.73. The van der Waals surface area contributed by atoms with Gasteiger partial charge in [-0.2, -0.15) is 5.10 Å². The molecule has 0 amide bonds. The molecule has 0 aliphatic rings. The highest BCUT2D eigenvalue weighted by molar-refractivity contribution is 14.1. The van der Waals surface area contributed by atoms with Gasteiger partial charge in [-0.25, -0.2) is 0 Å². The summed E-state index contributed by atoms with van der Waals surface area (Å²) in [6.07, 6.45) is 4.26. The van der Waals surface area contributed by atoms with E-state index in [9.17, 15) is 0 Å². The first-order valence-electron chi connectivity index (χ1n) is 6.66. The van der Waals surface area contributed by atoms with Gasteiger partial charge in [0.25, 0.3) is 0 Å². The molecule has 3 nitrogen and oxygen atoms in total. The van der Waals surface area contributed by atoms with Crippen molar-refractivity contribution in [1.82, 2.24) is 9.78 Å². The molecule has 0 atom stereocenters. The molecular formula is C15H19IN2O. The van der Waals surface area contributed by atoms with E-state index in [1.807, 2.05) is 36.5 Å². The van der Waals surface area contributed by atoms with Crippen LogP contribution in [0, 0.1) is 3.57 Å². The molecule has 1 aromatic heterocycles. The minimum Gasteiger partial charge on any atom is -0.486 e. The average Bonchev–Trinajstić information content (AvgIpc) is 2.88. The number of halogens is 1. The van der Waals surface area contributed by atoms with Gasteiger partial charge in [0.1, 0.15) is 12.4 Å². The zero-order valence-electron chi connectivity index (χ0n) is 11.3. The van der Waals surface area contributed by atoms with E-state index >= 15 is 0 Å². The predicted octanol–water partition coefficient (Wildman–Crippen LogP) is 4.43. The van der Waals surface area contributed by atoms with Crippen molar-refractivity contribution in [2.45, 2.75) is 39.3 Å². The first kappa shape index (κ1) is 14.4. The lowest BCUT2D eigenvalue weighted by Gasteiger charge is -2.12. The number of aromatic nitrogens is 2. The first-order chi connectivity index (χ1) is 9.24. The third-order valence-electron chi connectivity index (χ3n) is 3.19. The number of hydrogen-bond acceptors (Lipinski definition) is 2. The van der Waals surface area contributed by atoms with Crippen molar-refractivity contribution < 1.29 is 4.74 Å². The summed E-state index contributed by atoms with van der Waals surface area (Å²) < 4.78 is 8.97. The Balaban J connectivity index is 1.99. The maximum absolute atomic E-state index is 5.80. The molecule has 0 saturated heterocycles. The maximum Gasteiger partial charge on any atom is 0.133 e. The lowest BCUT2D eigenvalue weighted by molar-refractivity contribution is 0.295. The van der Waals surface area contributed by atoms with Crippen molar-refractivity contribution in [2.75, 3.05) is 0 Å². The van der Waals surface area contributed by atoms with Crippen LogP contribution in [0.25, 0.3) is 0 Å². The molecule has 0 bridgehead atoms. The van der Waals surface area contributed by atoms with Crippen molar-refractivity contribution in [2.24, 2.45) is 0 Å². The Morgan fingerprint density at radius 2 is 1.95 bits per heavy atom. The Bertz CT molecular complexity index is 520. The Kier molecular flexibility index (Phi) is 5.24. The largest absolute Gasteiger partial charge is 0.486 e. The summed E-state index contributed by atoms with van der Waals surface area (Å²) in [5.41, 5.74) is 0.978. The third-order valence-corrected chi connectivity index (χ3v) is 4.08. The molecule has 0 saturated carbocycles. The number of ether oxygens (including phenoxy) is 1. The van der Waals surface area contributed by atoms with Crippen LogP contribution in [0.2, 0.25) is 0 Å². The van der Waals surface area contributed by atoms with Crippen LogP contribution in [0.3, 0.4) is 0 Å². The number of rotatable bonds is 6. The van der Waals surface area contributed by atoms with Crippen molar-refractivity contribution in [3.05, 3.63) is 45.8 Å². The van der Waals surface area contributed by atoms with Crippen LogP contribution in [0.1, 0.15) is 38.4 Å². The van der Waals surface area contributed by atoms with Gasteiger partial charge in [-0.15, -0.1) is 0 Å². The Morgan fingerprint density at radius 3 is 2.63 bits per heavy atom. The Morgan fingerprint density at radius 1 is 1.21 bits per heavy atom. The summed E-state index contributed by atoms with van der Waals surface area (Å²) in [4.78, 5) is 0. The fraction of sp³-hybridized carbons (Fsp3) is 0.400. The highest BCUT2D eigenvalue weighted by Crippen LogP contribution is 2.21. The van der Waals surface area contributed by atoms with E-state index in [-0.39, 0.29) is 0 Å². The van der Waals surface area contributed by atoms with E-state index in [0.29, 0.717) is 12.6 Å². The number of para-hydroxylation sites is 1. The van der Waals surface area contributed by atoms with Gasteiger partial charge >= 0.3 is 0 Å². The van der Waals surface area contributed by atoms with Gasteiger partial charge in [0.05, 0.1) is 15.3 Å². The quantitative estimate of drug-likeness (QED) is 0.704. The van der Waals surface area contributed by atoms with Crippen molar-refractivity contribution in [1.29, 1.82) is 0 Å². The van der Waals surface area contributed by atoms with Crippen LogP contribution in [-0.4, -0.2) is 9.78 Å². The van der Waals surface area contributed by atoms with E-state index in [2.05, 4.69) is 46.2 Å². The summed E-state index contributed by atoms with van der Waals surface area (Å²) in [5, 5.41) is 4.59. The number of hydrogen-bond donors (Lipinski definition) is 0. The molecule has 19 heavy (non-hydrogen) atoms. The normalized spacial score (nSPS) is 10.9. The summed E-state index contributed by atoms with van der Waals surface area (Å²) in [7, 11) is 0. The van der Waals surface area contributed by atoms with Crippen LogP contribution in [-0.2, 0) is 6.61 Å². The van der Waals surface area contributed by atoms with Crippen molar-refractivity contribution >= 4 is 22.6 Å². The molecule has 0 N–H and O–H groups in total. The molecule has 4 heteroatoms. The van der Waals surface area contributed by atoms with Gasteiger partial charge in [0.15, 0.2) is 0 Å². The number of benzene rings is 1. The lowest BCUT2D eigenvalue weighted by atomic mass is 10.2. The highest BCUT2D eigenvalue weighted by atomic mass is 127. The molecule has 2 rings (SSSR count). The van der Waals surface area contributed by atoms with Crippen LogP contribution in [0.4, 0.5) is 0 Å². The van der Waals surface area contributed by atoms with Gasteiger partial charge in [0.2, 0.25) is 0 Å². The van der Waals surface area contributed by atoms with Gasteiger partial charge in [-0.05, 0) is 53.6 Å². The third kappa shape index (κ3) is 3.72. The molecule has 0 fully saturated rings. The monoisotopic (exact) mass is 370 g/mol. The van der Waals surface area contributed by atoms with Crippen LogP contribution < -0.4 is 4.74 Å². The fourth-order valence-electron chi connectivity index (χ4n) is 2.03. The lowest BCUT2D eigenvalue weighted by Crippen LogP contribution is -2.08. The second-order valence-electron chi connectivity index (χ2n) is 4.48. The average molecular weight is 370 g/mol. The number of nitrogens with zero attached hydrogens (tertiary/aromatic N) is 2. The Hall–Kier alpha value is -1.04. The SMILES string of the molecule is CCC(CC)n1ccc(COc2ccccc2I)n1. The molecule has 0 aliphatic heterocycles. The molecule has 0 spiro atoms. The second-order valence-corrected chi connectivity index (χ2v) is 5.64. The minimum absolute atomic E-state index is 0.491. The van der Waals surface area contributed by atoms with Gasteiger partial charge in [-0.1, -0.05) is 26.0 Å². The van der Waals surface area contributed by atoms with Crippen LogP contribution in [0.15, 0.2) is 36.5 Å². The summed E-state index contributed by atoms with van der Waals surface area (Å²) >= 11 is 2.28. The topological polar surface area (TPSA) is 27.1 Å². The standard InChI is InChI=1S/C15H19IN2O/c1-3-13(4-2)18-10-9-12(17-18)11-19-15-8-6-5-7-14(15)16/h5-10,13H,3-4,11H2,1-2H3. The van der Waals surface area contributed by atoms with E-state index in [0.717, 1.165) is 27.9 Å². The van der Waals surface area contributed by atoms with Gasteiger partial charge < -0.3 is 4.74 Å². The van der Waals surface area contributed by atoms with Crippen molar-refractivity contribution in [3.63, 3.8) is 0 Å². The zero-order chi connectivity index (χ0) is 13.7. The highest BCUT2D eigenvalue weighted by Gasteiger charge is 2.08. The van der Waals surface area contributed by atoms with Gasteiger partial charge in [0, 0.05) is 6.20 Å². The molecule has 0 unspecified atom stereocenters. The molecular weight excluding hydrogens is 351 g/mol. The molecule has 102 valence electrons. The maximum atomic E-state index is 5.80. The van der Waals surface area contributed by atoms with Crippen molar-refractivity contribution in [3.8, 4) is 5.75 Å². The Labute approximate surface area is 128 Å². The van der Waals surface area contributed by atoms with E-state index < -0.39 is 0 Å². The summed E-state index contributed by atoms with van der Waals surface area (Å²) in [6, 6.07) is 10.6. The van der Waals surface area contributed by atoms with E-state index in [1.165, 1.54) is 0 Å². The molecule has 2 aromatic rings. The fourth-order valence-corrected chi connectivity index (χ4v) is 2.58. The molecule has 0 radical (unpaired) electrons. The zero-order valence-corrected chi connectivity index (χ0v) is 13.5. The van der Waals surface area contributed by atoms with Crippen LogP contribution in [0.5, 0.6) is 5.75 Å². The molecule has 0 aliphatic carbocycles. The van der Waals surface area contributed by atoms with Crippen LogP contribution >= 0.6 is 22.6 Å². The minimum atomic E-state index is 0.491. The molecule has 1 aromatic carbocycles. The summed E-state index contributed by atoms with van der Waals surface area (Å²) in [6.45, 7) is 4.91. The summed E-state index contributed by atoms with van der Waals surface area (Å²) in [5.74, 6) is 0.917.